The molecule has 3 aromatic rings. The third-order valence-corrected chi connectivity index (χ3v) is 4.57. The molecule has 2 heterocycles. The Kier molecular flexibility index (Phi) is 4.35. The molecule has 0 saturated heterocycles. The van der Waals surface area contributed by atoms with Crippen molar-refractivity contribution in [2.24, 2.45) is 5.92 Å². The third kappa shape index (κ3) is 3.53. The Bertz CT molecular complexity index is 1060. The number of rotatable bonds is 5. The average molecular weight is 359 g/mol. The van der Waals surface area contributed by atoms with Gasteiger partial charge in [0.05, 0.1) is 16.6 Å². The predicted octanol–water partition coefficient (Wildman–Crippen LogP) is 3.52. The quantitative estimate of drug-likeness (QED) is 0.707. The monoisotopic (exact) mass is 359 g/mol. The fourth-order valence-electron chi connectivity index (χ4n) is 2.92. The summed E-state index contributed by atoms with van der Waals surface area (Å²) in [6.07, 6.45) is 5.51. The summed E-state index contributed by atoms with van der Waals surface area (Å²) in [5.41, 5.74) is 2.99. The smallest absolute Gasteiger partial charge is 0.338 e. The van der Waals surface area contributed by atoms with E-state index in [0.717, 1.165) is 18.4 Å². The van der Waals surface area contributed by atoms with Crippen molar-refractivity contribution in [3.8, 4) is 6.07 Å². The first kappa shape index (κ1) is 16.9. The van der Waals surface area contributed by atoms with E-state index >= 15 is 0 Å². The van der Waals surface area contributed by atoms with Crippen LogP contribution in [0.15, 0.2) is 54.9 Å². The number of esters is 1. The molecule has 27 heavy (non-hydrogen) atoms. The zero-order chi connectivity index (χ0) is 18.8. The number of fused-ring (bicyclic) bond motifs is 1. The summed E-state index contributed by atoms with van der Waals surface area (Å²) in [5, 5.41) is 12.2. The van der Waals surface area contributed by atoms with Crippen molar-refractivity contribution in [1.29, 1.82) is 5.26 Å². The lowest BCUT2D eigenvalue weighted by molar-refractivity contribution is -0.117. The van der Waals surface area contributed by atoms with Gasteiger partial charge < -0.3 is 14.5 Å². The van der Waals surface area contributed by atoms with Crippen LogP contribution in [0.25, 0.3) is 5.52 Å². The van der Waals surface area contributed by atoms with Crippen LogP contribution in [-0.4, -0.2) is 16.3 Å². The lowest BCUT2D eigenvalue weighted by Gasteiger charge is -2.06. The molecule has 0 atom stereocenters. The van der Waals surface area contributed by atoms with Gasteiger partial charge in [-0.3, -0.25) is 4.79 Å². The van der Waals surface area contributed by atoms with Gasteiger partial charge in [0.15, 0.2) is 0 Å². The van der Waals surface area contributed by atoms with E-state index in [1.807, 2.05) is 28.8 Å². The fraction of sp³-hybridized carbons (Fsp3) is 0.190. The zero-order valence-electron chi connectivity index (χ0n) is 14.5. The van der Waals surface area contributed by atoms with Gasteiger partial charge in [0.25, 0.3) is 0 Å². The molecule has 1 aromatic carbocycles. The molecule has 0 spiro atoms. The molecular formula is C21H17N3O3. The summed E-state index contributed by atoms with van der Waals surface area (Å²) in [4.78, 5) is 24.0. The molecule has 0 aliphatic heterocycles. The summed E-state index contributed by atoms with van der Waals surface area (Å²) >= 11 is 0. The fourth-order valence-corrected chi connectivity index (χ4v) is 2.92. The normalized spacial score (nSPS) is 13.1. The van der Waals surface area contributed by atoms with Crippen molar-refractivity contribution < 1.29 is 14.3 Å². The van der Waals surface area contributed by atoms with Gasteiger partial charge in [0.1, 0.15) is 12.7 Å². The first-order valence-corrected chi connectivity index (χ1v) is 8.72. The van der Waals surface area contributed by atoms with Crippen LogP contribution in [-0.2, 0) is 16.1 Å². The molecule has 134 valence electrons. The number of amides is 1. The summed E-state index contributed by atoms with van der Waals surface area (Å²) in [5.74, 6) is -0.328. The Morgan fingerprint density at radius 3 is 2.67 bits per heavy atom. The standard InChI is InChI=1S/C21H17N3O3/c22-11-18-16(12-24-10-2-1-3-19(18)24)13-27-21(26)15-6-8-17(9-7-15)23-20(25)14-4-5-14/h1-3,6-10,12,14H,4-5,13H2,(H,23,25). The first-order valence-electron chi connectivity index (χ1n) is 8.72. The lowest BCUT2D eigenvalue weighted by atomic mass is 10.2. The Morgan fingerprint density at radius 1 is 1.19 bits per heavy atom. The lowest BCUT2D eigenvalue weighted by Crippen LogP contribution is -2.13. The summed E-state index contributed by atoms with van der Waals surface area (Å²) in [6, 6.07) is 14.3. The van der Waals surface area contributed by atoms with E-state index in [1.54, 1.807) is 30.5 Å². The summed E-state index contributed by atoms with van der Waals surface area (Å²) in [7, 11) is 0. The molecule has 4 rings (SSSR count). The van der Waals surface area contributed by atoms with Crippen molar-refractivity contribution in [2.75, 3.05) is 5.32 Å². The second-order valence-corrected chi connectivity index (χ2v) is 6.55. The number of carbonyl (C=O) groups excluding carboxylic acids is 2. The van der Waals surface area contributed by atoms with Gasteiger partial charge in [0.2, 0.25) is 5.91 Å². The van der Waals surface area contributed by atoms with E-state index in [4.69, 9.17) is 4.74 Å². The van der Waals surface area contributed by atoms with Crippen LogP contribution in [0.4, 0.5) is 5.69 Å². The highest BCUT2D eigenvalue weighted by Crippen LogP contribution is 2.30. The molecule has 1 fully saturated rings. The van der Waals surface area contributed by atoms with Crippen LogP contribution in [0.2, 0.25) is 0 Å². The first-order chi connectivity index (χ1) is 13.2. The number of nitrogens with one attached hydrogen (secondary N) is 1. The molecule has 1 aliphatic rings. The van der Waals surface area contributed by atoms with Crippen LogP contribution < -0.4 is 5.32 Å². The van der Waals surface area contributed by atoms with E-state index in [-0.39, 0.29) is 18.4 Å². The van der Waals surface area contributed by atoms with Crippen molar-refractivity contribution in [3.05, 3.63) is 71.5 Å². The SMILES string of the molecule is N#Cc1c(COC(=O)c2ccc(NC(=O)C3CC3)cc2)cn2ccccc12. The molecule has 0 unspecified atom stereocenters. The van der Waals surface area contributed by atoms with E-state index in [0.29, 0.717) is 22.4 Å². The Labute approximate surface area is 156 Å². The number of hydrogen-bond acceptors (Lipinski definition) is 4. The number of carbonyl (C=O) groups is 2. The number of hydrogen-bond donors (Lipinski definition) is 1. The molecule has 1 saturated carbocycles. The van der Waals surface area contributed by atoms with Crippen LogP contribution in [0.1, 0.15) is 34.3 Å². The average Bonchev–Trinajstić information content (AvgIpc) is 3.48. The minimum Gasteiger partial charge on any atom is -0.457 e. The van der Waals surface area contributed by atoms with Gasteiger partial charge in [0, 0.05) is 29.6 Å². The maximum atomic E-state index is 12.3. The third-order valence-electron chi connectivity index (χ3n) is 4.57. The van der Waals surface area contributed by atoms with Crippen LogP contribution in [0.5, 0.6) is 0 Å². The number of benzene rings is 1. The van der Waals surface area contributed by atoms with Crippen LogP contribution >= 0.6 is 0 Å². The van der Waals surface area contributed by atoms with E-state index in [2.05, 4.69) is 11.4 Å². The highest BCUT2D eigenvalue weighted by Gasteiger charge is 2.29. The predicted molar refractivity (Wildman–Crippen MR) is 99.0 cm³/mol. The zero-order valence-corrected chi connectivity index (χ0v) is 14.5. The molecular weight excluding hydrogens is 342 g/mol. The number of nitrogens with zero attached hydrogens (tertiary/aromatic N) is 2. The minimum absolute atomic E-state index is 0.0174. The topological polar surface area (TPSA) is 83.6 Å². The number of ether oxygens (including phenoxy) is 1. The van der Waals surface area contributed by atoms with Gasteiger partial charge in [-0.15, -0.1) is 0 Å². The van der Waals surface area contributed by atoms with Crippen LogP contribution in [0.3, 0.4) is 0 Å². The van der Waals surface area contributed by atoms with Gasteiger partial charge in [-0.2, -0.15) is 5.26 Å². The molecule has 1 amide bonds. The molecule has 2 aromatic heterocycles. The van der Waals surface area contributed by atoms with Crippen molar-refractivity contribution in [1.82, 2.24) is 4.40 Å². The van der Waals surface area contributed by atoms with Gasteiger partial charge in [-0.25, -0.2) is 4.79 Å². The Morgan fingerprint density at radius 2 is 1.96 bits per heavy atom. The maximum Gasteiger partial charge on any atom is 0.338 e. The second kappa shape index (κ2) is 6.96. The van der Waals surface area contributed by atoms with E-state index < -0.39 is 5.97 Å². The molecule has 0 bridgehead atoms. The van der Waals surface area contributed by atoms with Gasteiger partial charge in [-0.1, -0.05) is 6.07 Å². The maximum absolute atomic E-state index is 12.3. The summed E-state index contributed by atoms with van der Waals surface area (Å²) in [6.45, 7) is 0.0174. The van der Waals surface area contributed by atoms with E-state index in [1.165, 1.54) is 0 Å². The van der Waals surface area contributed by atoms with Crippen LogP contribution in [0, 0.1) is 17.2 Å². The molecule has 0 radical (unpaired) electrons. The molecule has 6 nitrogen and oxygen atoms in total. The van der Waals surface area contributed by atoms with Crippen molar-refractivity contribution in [3.63, 3.8) is 0 Å². The second-order valence-electron chi connectivity index (χ2n) is 6.55. The summed E-state index contributed by atoms with van der Waals surface area (Å²) < 4.78 is 7.20. The molecule has 1 aliphatic carbocycles. The van der Waals surface area contributed by atoms with Gasteiger partial charge in [-0.05, 0) is 49.2 Å². The Balaban J connectivity index is 1.42. The number of pyridine rings is 1. The van der Waals surface area contributed by atoms with E-state index in [9.17, 15) is 14.9 Å². The highest BCUT2D eigenvalue weighted by molar-refractivity contribution is 5.95. The number of aromatic nitrogens is 1. The number of nitriles is 1. The Hall–Kier alpha value is -3.59. The van der Waals surface area contributed by atoms with Gasteiger partial charge >= 0.3 is 5.97 Å². The number of anilines is 1. The minimum atomic E-state index is -0.478. The molecule has 1 N–H and O–H groups in total. The highest BCUT2D eigenvalue weighted by atomic mass is 16.5. The van der Waals surface area contributed by atoms with Crippen molar-refractivity contribution >= 4 is 23.1 Å². The largest absolute Gasteiger partial charge is 0.457 e. The molecule has 6 heteroatoms. The van der Waals surface area contributed by atoms with Crippen molar-refractivity contribution in [2.45, 2.75) is 19.4 Å².